The highest BCUT2D eigenvalue weighted by atomic mass is 16.5. The Balaban J connectivity index is 1.87. The molecule has 1 heterocycles. The number of hydrogen-bond acceptors (Lipinski definition) is 4. The van der Waals surface area contributed by atoms with Crippen molar-refractivity contribution in [1.29, 1.82) is 0 Å². The summed E-state index contributed by atoms with van der Waals surface area (Å²) >= 11 is 0. The van der Waals surface area contributed by atoms with E-state index in [9.17, 15) is 4.79 Å². The number of aromatic nitrogens is 1. The van der Waals surface area contributed by atoms with Gasteiger partial charge in [-0.15, -0.1) is 0 Å². The highest BCUT2D eigenvalue weighted by Crippen LogP contribution is 2.22. The number of para-hydroxylation sites is 1. The Labute approximate surface area is 122 Å². The molecule has 0 aliphatic rings. The van der Waals surface area contributed by atoms with Crippen LogP contribution in [-0.4, -0.2) is 11.0 Å². The number of esters is 1. The Morgan fingerprint density at radius 2 is 1.86 bits per heavy atom. The van der Waals surface area contributed by atoms with Crippen molar-refractivity contribution in [3.63, 3.8) is 0 Å². The van der Waals surface area contributed by atoms with Crippen molar-refractivity contribution in [2.75, 3.05) is 5.73 Å². The van der Waals surface area contributed by atoms with Crippen molar-refractivity contribution in [2.45, 2.75) is 6.61 Å². The number of fused-ring (bicyclic) bond motifs is 1. The highest BCUT2D eigenvalue weighted by molar-refractivity contribution is 6.05. The fourth-order valence-electron chi connectivity index (χ4n) is 2.18. The number of carbonyl (C=O) groups excluding carboxylic acids is 1. The summed E-state index contributed by atoms with van der Waals surface area (Å²) in [5, 5.41) is 0.704. The molecule has 3 rings (SSSR count). The van der Waals surface area contributed by atoms with Gasteiger partial charge in [-0.3, -0.25) is 4.98 Å². The molecule has 104 valence electrons. The lowest BCUT2D eigenvalue weighted by atomic mass is 10.1. The van der Waals surface area contributed by atoms with Gasteiger partial charge in [-0.05, 0) is 17.7 Å². The van der Waals surface area contributed by atoms with E-state index >= 15 is 0 Å². The van der Waals surface area contributed by atoms with E-state index in [1.165, 1.54) is 0 Å². The molecular formula is C17H14N2O2. The molecular weight excluding hydrogens is 264 g/mol. The number of pyridine rings is 1. The predicted octanol–water partition coefficient (Wildman–Crippen LogP) is 3.17. The Hall–Kier alpha value is -2.88. The van der Waals surface area contributed by atoms with Gasteiger partial charge in [0.05, 0.1) is 16.8 Å². The Morgan fingerprint density at radius 3 is 2.67 bits per heavy atom. The standard InChI is InChI=1S/C17H14N2O2/c18-15-8-4-7-13-14(9-10-19-16(13)15)17(20)21-11-12-5-2-1-3-6-12/h1-10H,11,18H2. The summed E-state index contributed by atoms with van der Waals surface area (Å²) in [6.07, 6.45) is 1.57. The zero-order valence-electron chi connectivity index (χ0n) is 11.3. The monoisotopic (exact) mass is 278 g/mol. The van der Waals surface area contributed by atoms with Gasteiger partial charge in [-0.2, -0.15) is 0 Å². The normalized spacial score (nSPS) is 10.5. The number of anilines is 1. The van der Waals surface area contributed by atoms with Gasteiger partial charge in [0.1, 0.15) is 6.61 Å². The van der Waals surface area contributed by atoms with Gasteiger partial charge in [0.15, 0.2) is 0 Å². The smallest absolute Gasteiger partial charge is 0.339 e. The fourth-order valence-corrected chi connectivity index (χ4v) is 2.18. The lowest BCUT2D eigenvalue weighted by Gasteiger charge is -2.08. The lowest BCUT2D eigenvalue weighted by Crippen LogP contribution is -2.06. The zero-order chi connectivity index (χ0) is 14.7. The van der Waals surface area contributed by atoms with Crippen molar-refractivity contribution in [3.8, 4) is 0 Å². The van der Waals surface area contributed by atoms with Crippen LogP contribution in [0.3, 0.4) is 0 Å². The molecule has 4 nitrogen and oxygen atoms in total. The third-order valence-corrected chi connectivity index (χ3v) is 3.23. The second-order valence-electron chi connectivity index (χ2n) is 4.66. The predicted molar refractivity (Wildman–Crippen MR) is 81.7 cm³/mol. The largest absolute Gasteiger partial charge is 0.457 e. The SMILES string of the molecule is Nc1cccc2c(C(=O)OCc3ccccc3)ccnc12. The summed E-state index contributed by atoms with van der Waals surface area (Å²) in [5.41, 5.74) is 8.46. The number of nitrogens with two attached hydrogens (primary N) is 1. The van der Waals surface area contributed by atoms with E-state index in [-0.39, 0.29) is 12.6 Å². The topological polar surface area (TPSA) is 65.2 Å². The molecule has 1 aromatic heterocycles. The average Bonchev–Trinajstić information content (AvgIpc) is 2.53. The first-order chi connectivity index (χ1) is 10.3. The Kier molecular flexibility index (Phi) is 3.51. The van der Waals surface area contributed by atoms with E-state index in [0.717, 1.165) is 5.56 Å². The first-order valence-corrected chi connectivity index (χ1v) is 6.60. The van der Waals surface area contributed by atoms with Gasteiger partial charge in [0.2, 0.25) is 0 Å². The molecule has 0 amide bonds. The van der Waals surface area contributed by atoms with Crippen molar-refractivity contribution in [2.24, 2.45) is 0 Å². The molecule has 0 saturated heterocycles. The summed E-state index contributed by atoms with van der Waals surface area (Å²) in [7, 11) is 0. The van der Waals surface area contributed by atoms with Gasteiger partial charge < -0.3 is 10.5 Å². The van der Waals surface area contributed by atoms with Gasteiger partial charge in [-0.1, -0.05) is 42.5 Å². The summed E-state index contributed by atoms with van der Waals surface area (Å²) in [6, 6.07) is 16.6. The molecule has 0 aliphatic heterocycles. The maximum Gasteiger partial charge on any atom is 0.339 e. The van der Waals surface area contributed by atoms with Crippen LogP contribution in [0.1, 0.15) is 15.9 Å². The Bertz CT molecular complexity index is 785. The van der Waals surface area contributed by atoms with Crippen LogP contribution in [0.25, 0.3) is 10.9 Å². The first kappa shape index (κ1) is 13.1. The van der Waals surface area contributed by atoms with Crippen molar-refractivity contribution in [3.05, 3.63) is 71.9 Å². The number of nitrogen functional groups attached to an aromatic ring is 1. The molecule has 4 heteroatoms. The third-order valence-electron chi connectivity index (χ3n) is 3.23. The molecule has 0 atom stereocenters. The van der Waals surface area contributed by atoms with Gasteiger partial charge >= 0.3 is 5.97 Å². The van der Waals surface area contributed by atoms with Crippen molar-refractivity contribution in [1.82, 2.24) is 4.98 Å². The van der Waals surface area contributed by atoms with Crippen LogP contribution in [0.15, 0.2) is 60.8 Å². The minimum atomic E-state index is -0.378. The minimum Gasteiger partial charge on any atom is -0.457 e. The minimum absolute atomic E-state index is 0.242. The van der Waals surface area contributed by atoms with E-state index in [4.69, 9.17) is 10.5 Å². The maximum atomic E-state index is 12.3. The van der Waals surface area contributed by atoms with Crippen molar-refractivity contribution < 1.29 is 9.53 Å². The number of carbonyl (C=O) groups is 1. The number of rotatable bonds is 3. The van der Waals surface area contributed by atoms with E-state index in [1.54, 1.807) is 24.4 Å². The summed E-state index contributed by atoms with van der Waals surface area (Å²) in [4.78, 5) is 16.5. The van der Waals surface area contributed by atoms with Gasteiger partial charge in [0.25, 0.3) is 0 Å². The Morgan fingerprint density at radius 1 is 1.05 bits per heavy atom. The molecule has 2 N–H and O–H groups in total. The van der Waals surface area contributed by atoms with E-state index < -0.39 is 0 Å². The fraction of sp³-hybridized carbons (Fsp3) is 0.0588. The van der Waals surface area contributed by atoms with E-state index in [0.29, 0.717) is 22.2 Å². The van der Waals surface area contributed by atoms with Crippen LogP contribution in [0, 0.1) is 0 Å². The molecule has 0 spiro atoms. The van der Waals surface area contributed by atoms with Crippen LogP contribution in [-0.2, 0) is 11.3 Å². The van der Waals surface area contributed by atoms with E-state index in [2.05, 4.69) is 4.98 Å². The second kappa shape index (κ2) is 5.63. The molecule has 0 bridgehead atoms. The van der Waals surface area contributed by atoms with Crippen LogP contribution < -0.4 is 5.73 Å². The molecule has 3 aromatic rings. The molecule has 0 unspecified atom stereocenters. The summed E-state index contributed by atoms with van der Waals surface area (Å²) < 4.78 is 5.35. The van der Waals surface area contributed by atoms with Gasteiger partial charge in [0, 0.05) is 11.6 Å². The van der Waals surface area contributed by atoms with Crippen LogP contribution >= 0.6 is 0 Å². The zero-order valence-corrected chi connectivity index (χ0v) is 11.3. The average molecular weight is 278 g/mol. The number of nitrogens with zero attached hydrogens (tertiary/aromatic N) is 1. The van der Waals surface area contributed by atoms with Crippen LogP contribution in [0.5, 0.6) is 0 Å². The van der Waals surface area contributed by atoms with Crippen LogP contribution in [0.2, 0.25) is 0 Å². The van der Waals surface area contributed by atoms with Crippen LogP contribution in [0.4, 0.5) is 5.69 Å². The van der Waals surface area contributed by atoms with E-state index in [1.807, 2.05) is 36.4 Å². The highest BCUT2D eigenvalue weighted by Gasteiger charge is 2.13. The van der Waals surface area contributed by atoms with Crippen molar-refractivity contribution >= 4 is 22.6 Å². The maximum absolute atomic E-state index is 12.3. The lowest BCUT2D eigenvalue weighted by molar-refractivity contribution is 0.0475. The summed E-state index contributed by atoms with van der Waals surface area (Å²) in [5.74, 6) is -0.378. The number of benzene rings is 2. The third kappa shape index (κ3) is 2.69. The number of ether oxygens (including phenoxy) is 1. The molecule has 0 saturated carbocycles. The summed E-state index contributed by atoms with van der Waals surface area (Å²) in [6.45, 7) is 0.242. The first-order valence-electron chi connectivity index (χ1n) is 6.60. The van der Waals surface area contributed by atoms with Gasteiger partial charge in [-0.25, -0.2) is 4.79 Å². The molecule has 2 aromatic carbocycles. The number of hydrogen-bond donors (Lipinski definition) is 1. The molecule has 0 radical (unpaired) electrons. The molecule has 0 aliphatic carbocycles. The molecule has 21 heavy (non-hydrogen) atoms. The second-order valence-corrected chi connectivity index (χ2v) is 4.66. The molecule has 0 fully saturated rings. The quantitative estimate of drug-likeness (QED) is 0.590.